The Hall–Kier alpha value is -2.05. The summed E-state index contributed by atoms with van der Waals surface area (Å²) in [6.45, 7) is 6.86. The predicted octanol–water partition coefficient (Wildman–Crippen LogP) is 3.06. The molecule has 0 aromatic heterocycles. The number of aryl methyl sites for hydroxylation is 2. The summed E-state index contributed by atoms with van der Waals surface area (Å²) in [6.07, 6.45) is 0. The Kier molecular flexibility index (Phi) is 6.23. The van der Waals surface area contributed by atoms with Gasteiger partial charge in [-0.15, -0.1) is 0 Å². The van der Waals surface area contributed by atoms with Crippen LogP contribution in [-0.4, -0.2) is 28.2 Å². The normalized spacial score (nSPS) is 11.3. The number of hydrogen-bond donors (Lipinski definition) is 1. The van der Waals surface area contributed by atoms with Crippen molar-refractivity contribution in [1.29, 1.82) is 0 Å². The van der Waals surface area contributed by atoms with E-state index in [0.29, 0.717) is 12.4 Å². The molecule has 2 aromatic carbocycles. The van der Waals surface area contributed by atoms with Gasteiger partial charge in [0.25, 0.3) is 0 Å². The van der Waals surface area contributed by atoms with Crippen LogP contribution in [0.1, 0.15) is 18.1 Å². The first-order valence-corrected chi connectivity index (χ1v) is 9.33. The van der Waals surface area contributed by atoms with Crippen LogP contribution in [-0.2, 0) is 10.0 Å². The van der Waals surface area contributed by atoms with Gasteiger partial charge in [-0.05, 0) is 56.7 Å². The lowest BCUT2D eigenvalue weighted by Crippen LogP contribution is -2.28. The van der Waals surface area contributed by atoms with Gasteiger partial charge in [-0.1, -0.05) is 17.7 Å². The van der Waals surface area contributed by atoms with Crippen LogP contribution < -0.4 is 14.2 Å². The minimum absolute atomic E-state index is 0.197. The first kappa shape index (κ1) is 18.3. The Morgan fingerprint density at radius 1 is 1.00 bits per heavy atom. The molecular formula is C18H23NO4S. The molecule has 0 unspecified atom stereocenters. The highest BCUT2D eigenvalue weighted by Crippen LogP contribution is 2.18. The van der Waals surface area contributed by atoms with E-state index in [9.17, 15) is 8.42 Å². The molecule has 2 aromatic rings. The van der Waals surface area contributed by atoms with Gasteiger partial charge < -0.3 is 9.47 Å². The summed E-state index contributed by atoms with van der Waals surface area (Å²) in [5.41, 5.74) is 2.19. The fourth-order valence-electron chi connectivity index (χ4n) is 2.26. The molecule has 0 aliphatic heterocycles. The van der Waals surface area contributed by atoms with Crippen LogP contribution in [0.4, 0.5) is 0 Å². The molecule has 5 nitrogen and oxygen atoms in total. The van der Waals surface area contributed by atoms with Crippen molar-refractivity contribution in [2.45, 2.75) is 25.7 Å². The van der Waals surface area contributed by atoms with Crippen molar-refractivity contribution < 1.29 is 17.9 Å². The standard InChI is InChI=1S/C18H23NO4S/c1-4-22-16-6-8-17(9-7-16)24(20,21)19-11-12-23-18-10-5-14(2)13-15(18)3/h5-10,13,19H,4,11-12H2,1-3H3. The van der Waals surface area contributed by atoms with E-state index in [1.807, 2.05) is 39.0 Å². The van der Waals surface area contributed by atoms with Gasteiger partial charge in [0.1, 0.15) is 18.1 Å². The number of sulfonamides is 1. The van der Waals surface area contributed by atoms with Crippen molar-refractivity contribution in [3.05, 3.63) is 53.6 Å². The quantitative estimate of drug-likeness (QED) is 0.744. The number of ether oxygens (including phenoxy) is 2. The van der Waals surface area contributed by atoms with E-state index >= 15 is 0 Å². The molecule has 0 saturated carbocycles. The van der Waals surface area contributed by atoms with Crippen LogP contribution in [0.15, 0.2) is 47.4 Å². The molecular weight excluding hydrogens is 326 g/mol. The second-order valence-corrected chi connectivity index (χ2v) is 7.19. The Balaban J connectivity index is 1.88. The van der Waals surface area contributed by atoms with Crippen LogP contribution in [0.3, 0.4) is 0 Å². The van der Waals surface area contributed by atoms with Crippen LogP contribution >= 0.6 is 0 Å². The van der Waals surface area contributed by atoms with Crippen molar-refractivity contribution in [2.75, 3.05) is 19.8 Å². The summed E-state index contributed by atoms with van der Waals surface area (Å²) < 4.78 is 37.9. The number of benzene rings is 2. The molecule has 24 heavy (non-hydrogen) atoms. The van der Waals surface area contributed by atoms with Gasteiger partial charge in [-0.3, -0.25) is 0 Å². The largest absolute Gasteiger partial charge is 0.494 e. The van der Waals surface area contributed by atoms with Crippen molar-refractivity contribution in [2.24, 2.45) is 0 Å². The highest BCUT2D eigenvalue weighted by Gasteiger charge is 2.13. The minimum Gasteiger partial charge on any atom is -0.494 e. The average molecular weight is 349 g/mol. The maximum Gasteiger partial charge on any atom is 0.240 e. The zero-order valence-corrected chi connectivity index (χ0v) is 15.0. The average Bonchev–Trinajstić information content (AvgIpc) is 2.54. The van der Waals surface area contributed by atoms with Gasteiger partial charge in [-0.25, -0.2) is 13.1 Å². The van der Waals surface area contributed by atoms with Crippen LogP contribution in [0.25, 0.3) is 0 Å². The van der Waals surface area contributed by atoms with Crippen LogP contribution in [0.2, 0.25) is 0 Å². The predicted molar refractivity (Wildman–Crippen MR) is 94.2 cm³/mol. The molecule has 0 aliphatic rings. The summed E-state index contributed by atoms with van der Waals surface area (Å²) in [7, 11) is -3.55. The van der Waals surface area contributed by atoms with Crippen molar-refractivity contribution in [1.82, 2.24) is 4.72 Å². The molecule has 0 amide bonds. The van der Waals surface area contributed by atoms with Gasteiger partial charge >= 0.3 is 0 Å². The molecule has 0 heterocycles. The van der Waals surface area contributed by atoms with E-state index in [2.05, 4.69) is 4.72 Å². The number of nitrogens with one attached hydrogen (secondary N) is 1. The smallest absolute Gasteiger partial charge is 0.240 e. The van der Waals surface area contributed by atoms with E-state index in [1.165, 1.54) is 12.1 Å². The van der Waals surface area contributed by atoms with E-state index in [0.717, 1.165) is 16.9 Å². The Morgan fingerprint density at radius 2 is 1.71 bits per heavy atom. The first-order chi connectivity index (χ1) is 11.4. The Morgan fingerprint density at radius 3 is 2.33 bits per heavy atom. The third-order valence-corrected chi connectivity index (χ3v) is 4.90. The third kappa shape index (κ3) is 4.97. The Bertz CT molecular complexity index is 770. The molecule has 0 atom stereocenters. The molecule has 2 rings (SSSR count). The lowest BCUT2D eigenvalue weighted by molar-refractivity contribution is 0.320. The van der Waals surface area contributed by atoms with E-state index in [-0.39, 0.29) is 18.0 Å². The maximum atomic E-state index is 12.2. The van der Waals surface area contributed by atoms with Gasteiger partial charge in [0.05, 0.1) is 11.5 Å². The molecule has 0 fully saturated rings. The van der Waals surface area contributed by atoms with Gasteiger partial charge in [-0.2, -0.15) is 0 Å². The van der Waals surface area contributed by atoms with E-state index in [1.54, 1.807) is 12.1 Å². The summed E-state index contributed by atoms with van der Waals surface area (Å²) >= 11 is 0. The highest BCUT2D eigenvalue weighted by atomic mass is 32.2. The van der Waals surface area contributed by atoms with Crippen molar-refractivity contribution in [3.63, 3.8) is 0 Å². The summed E-state index contributed by atoms with van der Waals surface area (Å²) in [5, 5.41) is 0. The molecule has 6 heteroatoms. The molecule has 0 aliphatic carbocycles. The summed E-state index contributed by atoms with van der Waals surface area (Å²) in [5.74, 6) is 1.41. The highest BCUT2D eigenvalue weighted by molar-refractivity contribution is 7.89. The minimum atomic E-state index is -3.55. The van der Waals surface area contributed by atoms with Gasteiger partial charge in [0.15, 0.2) is 0 Å². The zero-order chi connectivity index (χ0) is 17.6. The Labute approximate surface area is 143 Å². The molecule has 130 valence electrons. The first-order valence-electron chi connectivity index (χ1n) is 7.85. The monoisotopic (exact) mass is 349 g/mol. The second-order valence-electron chi connectivity index (χ2n) is 5.42. The number of rotatable bonds is 8. The van der Waals surface area contributed by atoms with Crippen molar-refractivity contribution >= 4 is 10.0 Å². The maximum absolute atomic E-state index is 12.2. The molecule has 0 radical (unpaired) electrons. The fourth-order valence-corrected chi connectivity index (χ4v) is 3.28. The van der Waals surface area contributed by atoms with Crippen LogP contribution in [0, 0.1) is 13.8 Å². The molecule has 0 bridgehead atoms. The molecule has 1 N–H and O–H groups in total. The van der Waals surface area contributed by atoms with E-state index in [4.69, 9.17) is 9.47 Å². The zero-order valence-electron chi connectivity index (χ0n) is 14.2. The summed E-state index contributed by atoms with van der Waals surface area (Å²) in [4.78, 5) is 0.206. The fraction of sp³-hybridized carbons (Fsp3) is 0.333. The summed E-state index contributed by atoms with van der Waals surface area (Å²) in [6, 6.07) is 12.2. The number of hydrogen-bond acceptors (Lipinski definition) is 4. The molecule has 0 spiro atoms. The second kappa shape index (κ2) is 8.17. The third-order valence-electron chi connectivity index (χ3n) is 3.43. The van der Waals surface area contributed by atoms with Crippen molar-refractivity contribution in [3.8, 4) is 11.5 Å². The van der Waals surface area contributed by atoms with Gasteiger partial charge in [0.2, 0.25) is 10.0 Å². The lowest BCUT2D eigenvalue weighted by Gasteiger charge is -2.11. The van der Waals surface area contributed by atoms with E-state index < -0.39 is 10.0 Å². The van der Waals surface area contributed by atoms with Crippen LogP contribution in [0.5, 0.6) is 11.5 Å². The molecule has 0 saturated heterocycles. The SMILES string of the molecule is CCOc1ccc(S(=O)(=O)NCCOc2ccc(C)cc2C)cc1. The lowest BCUT2D eigenvalue weighted by atomic mass is 10.1. The van der Waals surface area contributed by atoms with Gasteiger partial charge in [0, 0.05) is 6.54 Å². The topological polar surface area (TPSA) is 64.6 Å².